The first-order valence-corrected chi connectivity index (χ1v) is 7.56. The monoisotopic (exact) mass is 266 g/mol. The van der Waals surface area contributed by atoms with Gasteiger partial charge in [-0.1, -0.05) is 60.5 Å². The molecule has 3 rings (SSSR count). The lowest BCUT2D eigenvalue weighted by atomic mass is 9.77. The van der Waals surface area contributed by atoms with E-state index in [1.54, 1.807) is 0 Å². The molecule has 1 aliphatic rings. The lowest BCUT2D eigenvalue weighted by Gasteiger charge is -2.29. The van der Waals surface area contributed by atoms with Gasteiger partial charge in [-0.15, -0.1) is 0 Å². The van der Waals surface area contributed by atoms with Crippen LogP contribution in [0, 0.1) is 6.92 Å². The predicted octanol–water partition coefficient (Wildman–Crippen LogP) is 4.54. The topological polar surface area (TPSA) is 20.2 Å². The summed E-state index contributed by atoms with van der Waals surface area (Å²) in [5, 5.41) is 10.6. The van der Waals surface area contributed by atoms with Gasteiger partial charge < -0.3 is 5.11 Å². The molecule has 1 unspecified atom stereocenters. The van der Waals surface area contributed by atoms with Crippen molar-refractivity contribution in [1.29, 1.82) is 0 Å². The minimum atomic E-state index is -0.394. The van der Waals surface area contributed by atoms with Crippen molar-refractivity contribution in [2.24, 2.45) is 0 Å². The van der Waals surface area contributed by atoms with Gasteiger partial charge in [0.05, 0.1) is 6.10 Å². The first kappa shape index (κ1) is 13.4. The first-order chi connectivity index (χ1) is 9.74. The van der Waals surface area contributed by atoms with Crippen LogP contribution in [0.4, 0.5) is 0 Å². The Balaban J connectivity index is 1.79. The van der Waals surface area contributed by atoms with Crippen molar-refractivity contribution in [3.8, 4) is 0 Å². The number of aliphatic hydroxyl groups excluding tert-OH is 1. The Morgan fingerprint density at radius 2 is 1.75 bits per heavy atom. The fraction of sp³-hybridized carbons (Fsp3) is 0.368. The second-order valence-corrected chi connectivity index (χ2v) is 5.96. The molecule has 0 saturated heterocycles. The van der Waals surface area contributed by atoms with E-state index in [0.717, 1.165) is 5.56 Å². The molecule has 1 saturated carbocycles. The molecule has 0 spiro atoms. The molecular weight excluding hydrogens is 244 g/mol. The van der Waals surface area contributed by atoms with E-state index in [-0.39, 0.29) is 0 Å². The minimum absolute atomic E-state index is 0.394. The summed E-state index contributed by atoms with van der Waals surface area (Å²) in [6, 6.07) is 16.9. The first-order valence-electron chi connectivity index (χ1n) is 7.56. The number of benzene rings is 2. The van der Waals surface area contributed by atoms with Crippen molar-refractivity contribution in [1.82, 2.24) is 0 Å². The van der Waals surface area contributed by atoms with Crippen LogP contribution in [0.5, 0.6) is 0 Å². The predicted molar refractivity (Wildman–Crippen MR) is 82.9 cm³/mol. The summed E-state index contributed by atoms with van der Waals surface area (Å²) in [6.45, 7) is 2.09. The molecule has 1 N–H and O–H groups in total. The SMILES string of the molecule is Cc1ccc(CC(O)c2ccccc2C2CCC2)cc1. The Bertz CT molecular complexity index is 567. The van der Waals surface area contributed by atoms with Crippen LogP contribution < -0.4 is 0 Å². The molecule has 1 aliphatic carbocycles. The molecule has 0 amide bonds. The van der Waals surface area contributed by atoms with Crippen LogP contribution in [0.2, 0.25) is 0 Å². The van der Waals surface area contributed by atoms with Crippen molar-refractivity contribution >= 4 is 0 Å². The molecule has 0 radical (unpaired) electrons. The van der Waals surface area contributed by atoms with Gasteiger partial charge in [-0.3, -0.25) is 0 Å². The van der Waals surface area contributed by atoms with E-state index in [1.807, 2.05) is 6.07 Å². The van der Waals surface area contributed by atoms with Gasteiger partial charge in [-0.2, -0.15) is 0 Å². The summed E-state index contributed by atoms with van der Waals surface area (Å²) < 4.78 is 0. The minimum Gasteiger partial charge on any atom is -0.388 e. The molecule has 2 aromatic rings. The van der Waals surface area contributed by atoms with Crippen molar-refractivity contribution in [3.05, 3.63) is 70.8 Å². The highest BCUT2D eigenvalue weighted by Gasteiger charge is 2.24. The molecule has 0 aromatic heterocycles. The highest BCUT2D eigenvalue weighted by atomic mass is 16.3. The lowest BCUT2D eigenvalue weighted by molar-refractivity contribution is 0.175. The van der Waals surface area contributed by atoms with Crippen LogP contribution >= 0.6 is 0 Å². The summed E-state index contributed by atoms with van der Waals surface area (Å²) in [5.74, 6) is 0.666. The molecule has 104 valence electrons. The van der Waals surface area contributed by atoms with Crippen LogP contribution in [0.15, 0.2) is 48.5 Å². The second-order valence-electron chi connectivity index (χ2n) is 5.96. The van der Waals surface area contributed by atoms with Gasteiger partial charge in [0.1, 0.15) is 0 Å². The van der Waals surface area contributed by atoms with Gasteiger partial charge in [0, 0.05) is 6.42 Å². The zero-order valence-electron chi connectivity index (χ0n) is 12.0. The zero-order valence-corrected chi connectivity index (χ0v) is 12.0. The van der Waals surface area contributed by atoms with E-state index in [4.69, 9.17) is 0 Å². The van der Waals surface area contributed by atoms with Crippen LogP contribution in [-0.2, 0) is 6.42 Å². The molecule has 0 heterocycles. The Labute approximate surface area is 121 Å². The van der Waals surface area contributed by atoms with Gasteiger partial charge >= 0.3 is 0 Å². The summed E-state index contributed by atoms with van der Waals surface area (Å²) >= 11 is 0. The quantitative estimate of drug-likeness (QED) is 0.861. The van der Waals surface area contributed by atoms with Gasteiger partial charge in [0.15, 0.2) is 0 Å². The second kappa shape index (κ2) is 5.80. The smallest absolute Gasteiger partial charge is 0.0833 e. The maximum atomic E-state index is 10.6. The highest BCUT2D eigenvalue weighted by molar-refractivity contribution is 5.34. The summed E-state index contributed by atoms with van der Waals surface area (Å²) in [4.78, 5) is 0. The van der Waals surface area contributed by atoms with E-state index in [9.17, 15) is 5.11 Å². The van der Waals surface area contributed by atoms with Crippen LogP contribution in [0.3, 0.4) is 0 Å². The standard InChI is InChI=1S/C19H22O/c1-14-9-11-15(12-10-14)13-19(20)18-8-3-2-7-17(18)16-5-4-6-16/h2-3,7-12,16,19-20H,4-6,13H2,1H3. The van der Waals surface area contributed by atoms with Crippen molar-refractivity contribution < 1.29 is 5.11 Å². The molecule has 1 heteroatoms. The van der Waals surface area contributed by atoms with Crippen LogP contribution in [-0.4, -0.2) is 5.11 Å². The van der Waals surface area contributed by atoms with Crippen LogP contribution in [0.1, 0.15) is 53.5 Å². The average molecular weight is 266 g/mol. The molecule has 1 fully saturated rings. The summed E-state index contributed by atoms with van der Waals surface area (Å²) in [6.07, 6.45) is 4.18. The third-order valence-electron chi connectivity index (χ3n) is 4.45. The third kappa shape index (κ3) is 2.78. The number of hydrogen-bond donors (Lipinski definition) is 1. The number of aliphatic hydroxyl groups is 1. The maximum absolute atomic E-state index is 10.6. The summed E-state index contributed by atoms with van der Waals surface area (Å²) in [5.41, 5.74) is 4.95. The van der Waals surface area contributed by atoms with E-state index in [2.05, 4.69) is 49.4 Å². The molecule has 1 nitrogen and oxygen atoms in total. The maximum Gasteiger partial charge on any atom is 0.0833 e. The van der Waals surface area contributed by atoms with Gasteiger partial charge in [0.25, 0.3) is 0 Å². The zero-order chi connectivity index (χ0) is 13.9. The number of rotatable bonds is 4. The molecule has 0 bridgehead atoms. The van der Waals surface area contributed by atoms with Crippen molar-refractivity contribution in [3.63, 3.8) is 0 Å². The molecule has 1 atom stereocenters. The fourth-order valence-electron chi connectivity index (χ4n) is 2.96. The average Bonchev–Trinajstić information content (AvgIpc) is 2.40. The highest BCUT2D eigenvalue weighted by Crippen LogP contribution is 2.39. The Morgan fingerprint density at radius 1 is 1.05 bits per heavy atom. The van der Waals surface area contributed by atoms with E-state index >= 15 is 0 Å². The van der Waals surface area contributed by atoms with Gasteiger partial charge in [-0.05, 0) is 42.4 Å². The third-order valence-corrected chi connectivity index (χ3v) is 4.45. The molecule has 20 heavy (non-hydrogen) atoms. The van der Waals surface area contributed by atoms with Gasteiger partial charge in [-0.25, -0.2) is 0 Å². The molecular formula is C19H22O. The van der Waals surface area contributed by atoms with Crippen molar-refractivity contribution in [2.75, 3.05) is 0 Å². The Kier molecular flexibility index (Phi) is 3.88. The fourth-order valence-corrected chi connectivity index (χ4v) is 2.96. The Morgan fingerprint density at radius 3 is 2.40 bits per heavy atom. The molecule has 0 aliphatic heterocycles. The van der Waals surface area contributed by atoms with Crippen LogP contribution in [0.25, 0.3) is 0 Å². The van der Waals surface area contributed by atoms with E-state index < -0.39 is 6.10 Å². The molecule has 2 aromatic carbocycles. The lowest BCUT2D eigenvalue weighted by Crippen LogP contribution is -2.14. The number of aryl methyl sites for hydroxylation is 1. The number of hydrogen-bond acceptors (Lipinski definition) is 1. The van der Waals surface area contributed by atoms with E-state index in [1.165, 1.54) is 36.0 Å². The Hall–Kier alpha value is -1.60. The van der Waals surface area contributed by atoms with Gasteiger partial charge in [0.2, 0.25) is 0 Å². The van der Waals surface area contributed by atoms with E-state index in [0.29, 0.717) is 12.3 Å². The summed E-state index contributed by atoms with van der Waals surface area (Å²) in [7, 11) is 0. The normalized spacial score (nSPS) is 16.7. The van der Waals surface area contributed by atoms with Crippen molar-refractivity contribution in [2.45, 2.75) is 44.6 Å². The largest absolute Gasteiger partial charge is 0.388 e.